The van der Waals surface area contributed by atoms with Crippen LogP contribution in [0.3, 0.4) is 0 Å². The minimum Gasteiger partial charge on any atom is -0.465 e. The molecule has 172 valence electrons. The second-order valence-corrected chi connectivity index (χ2v) is 8.36. The maximum absolute atomic E-state index is 13.2. The Hall–Kier alpha value is -3.68. The Morgan fingerprint density at radius 2 is 1.85 bits per heavy atom. The summed E-state index contributed by atoms with van der Waals surface area (Å²) in [6.07, 6.45) is 5.51. The number of methoxy groups -OCH3 is 1. The smallest absolute Gasteiger partial charge is 0.345 e. The number of ether oxygens (including phenoxy) is 1. The number of urea groups is 1. The number of anilines is 2. The molecule has 4 rings (SSSR count). The molecule has 0 aromatic heterocycles. The molecule has 0 spiro atoms. The molecule has 1 saturated carbocycles. The van der Waals surface area contributed by atoms with E-state index in [0.717, 1.165) is 42.6 Å². The van der Waals surface area contributed by atoms with Crippen molar-refractivity contribution in [3.63, 3.8) is 0 Å². The van der Waals surface area contributed by atoms with Gasteiger partial charge in [0.05, 0.1) is 24.1 Å². The monoisotopic (exact) mass is 448 g/mol. The number of fused-ring (bicyclic) bond motifs is 1. The lowest BCUT2D eigenvalue weighted by Gasteiger charge is -2.24. The van der Waals surface area contributed by atoms with E-state index < -0.39 is 11.9 Å². The SMILES string of the molecule is COC(=O)c1cccc(NC(=O)CN2N=C(C3CCCCC3)c3ccccc3N(C)C2=O)c1. The van der Waals surface area contributed by atoms with E-state index in [2.05, 4.69) is 5.32 Å². The number of hydrogen-bond donors (Lipinski definition) is 1. The van der Waals surface area contributed by atoms with Crippen LogP contribution in [0.4, 0.5) is 16.2 Å². The number of hydrogen-bond acceptors (Lipinski definition) is 5. The van der Waals surface area contributed by atoms with Gasteiger partial charge in [0, 0.05) is 24.2 Å². The van der Waals surface area contributed by atoms with Gasteiger partial charge in [0.25, 0.3) is 0 Å². The van der Waals surface area contributed by atoms with Crippen molar-refractivity contribution >= 4 is 35.0 Å². The molecule has 1 N–H and O–H groups in total. The highest BCUT2D eigenvalue weighted by Crippen LogP contribution is 2.33. The van der Waals surface area contributed by atoms with Crippen LogP contribution in [-0.4, -0.2) is 49.3 Å². The average Bonchev–Trinajstić information content (AvgIpc) is 2.95. The number of para-hydroxylation sites is 1. The van der Waals surface area contributed by atoms with E-state index in [9.17, 15) is 14.4 Å². The van der Waals surface area contributed by atoms with Crippen molar-refractivity contribution in [3.05, 3.63) is 59.7 Å². The third-order valence-corrected chi connectivity index (χ3v) is 6.13. The third-order valence-electron chi connectivity index (χ3n) is 6.13. The summed E-state index contributed by atoms with van der Waals surface area (Å²) in [7, 11) is 3.00. The van der Waals surface area contributed by atoms with Crippen LogP contribution >= 0.6 is 0 Å². The largest absolute Gasteiger partial charge is 0.465 e. The normalized spacial score (nSPS) is 16.5. The first-order chi connectivity index (χ1) is 16.0. The van der Waals surface area contributed by atoms with Crippen LogP contribution < -0.4 is 10.2 Å². The second kappa shape index (κ2) is 9.85. The number of carbonyl (C=O) groups is 3. The van der Waals surface area contributed by atoms with Crippen molar-refractivity contribution in [2.24, 2.45) is 11.0 Å². The minimum atomic E-state index is -0.491. The molecule has 0 radical (unpaired) electrons. The molecule has 8 nitrogen and oxygen atoms in total. The number of nitrogens with one attached hydrogen (secondary N) is 1. The average molecular weight is 449 g/mol. The predicted octanol–water partition coefficient (Wildman–Crippen LogP) is 4.27. The fourth-order valence-electron chi connectivity index (χ4n) is 4.44. The molecule has 1 heterocycles. The highest BCUT2D eigenvalue weighted by atomic mass is 16.5. The highest BCUT2D eigenvalue weighted by Gasteiger charge is 2.32. The van der Waals surface area contributed by atoms with E-state index in [0.29, 0.717) is 11.3 Å². The molecule has 0 saturated heterocycles. The number of benzene rings is 2. The lowest BCUT2D eigenvalue weighted by molar-refractivity contribution is -0.116. The van der Waals surface area contributed by atoms with Crippen molar-refractivity contribution in [2.75, 3.05) is 30.9 Å². The second-order valence-electron chi connectivity index (χ2n) is 8.36. The molecule has 2 aliphatic rings. The first-order valence-electron chi connectivity index (χ1n) is 11.2. The van der Waals surface area contributed by atoms with Gasteiger partial charge in [-0.1, -0.05) is 43.5 Å². The lowest BCUT2D eigenvalue weighted by Crippen LogP contribution is -2.41. The predicted molar refractivity (Wildman–Crippen MR) is 126 cm³/mol. The summed E-state index contributed by atoms with van der Waals surface area (Å²) in [6, 6.07) is 13.9. The Morgan fingerprint density at radius 1 is 1.09 bits per heavy atom. The van der Waals surface area contributed by atoms with Crippen LogP contribution in [0.15, 0.2) is 53.6 Å². The quantitative estimate of drug-likeness (QED) is 0.692. The van der Waals surface area contributed by atoms with Crippen molar-refractivity contribution in [1.29, 1.82) is 0 Å². The number of nitrogens with zero attached hydrogens (tertiary/aromatic N) is 3. The van der Waals surface area contributed by atoms with Gasteiger partial charge < -0.3 is 10.1 Å². The van der Waals surface area contributed by atoms with E-state index in [-0.39, 0.29) is 18.5 Å². The molecule has 1 aliphatic heterocycles. The number of rotatable bonds is 5. The Kier molecular flexibility index (Phi) is 6.72. The first-order valence-corrected chi connectivity index (χ1v) is 11.2. The molecular weight excluding hydrogens is 420 g/mol. The van der Waals surface area contributed by atoms with Gasteiger partial charge >= 0.3 is 12.0 Å². The highest BCUT2D eigenvalue weighted by molar-refractivity contribution is 6.12. The van der Waals surface area contributed by atoms with Crippen LogP contribution in [0.5, 0.6) is 0 Å². The van der Waals surface area contributed by atoms with Gasteiger partial charge in [0.2, 0.25) is 5.91 Å². The van der Waals surface area contributed by atoms with E-state index in [1.54, 1.807) is 30.1 Å². The molecule has 8 heteroatoms. The van der Waals surface area contributed by atoms with Gasteiger partial charge in [-0.05, 0) is 37.1 Å². The zero-order chi connectivity index (χ0) is 23.4. The van der Waals surface area contributed by atoms with Gasteiger partial charge in [-0.2, -0.15) is 5.10 Å². The van der Waals surface area contributed by atoms with Crippen LogP contribution in [0.1, 0.15) is 48.0 Å². The van der Waals surface area contributed by atoms with Crippen molar-refractivity contribution in [3.8, 4) is 0 Å². The van der Waals surface area contributed by atoms with Crippen molar-refractivity contribution in [1.82, 2.24) is 5.01 Å². The molecule has 1 fully saturated rings. The molecule has 33 heavy (non-hydrogen) atoms. The fourth-order valence-corrected chi connectivity index (χ4v) is 4.44. The van der Waals surface area contributed by atoms with E-state index in [4.69, 9.17) is 9.84 Å². The summed E-state index contributed by atoms with van der Waals surface area (Å²) in [5.74, 6) is -0.645. The minimum absolute atomic E-state index is 0.240. The standard InChI is InChI=1S/C25H28N4O4/c1-28-21-14-7-6-13-20(21)23(17-9-4-3-5-10-17)27-29(25(28)32)16-22(30)26-19-12-8-11-18(15-19)24(31)33-2/h6-8,11-15,17H,3-5,9-10,16H2,1-2H3,(H,26,30). The summed E-state index contributed by atoms with van der Waals surface area (Å²) >= 11 is 0. The van der Waals surface area contributed by atoms with Gasteiger partial charge in [-0.15, -0.1) is 0 Å². The van der Waals surface area contributed by atoms with Gasteiger partial charge in [-0.25, -0.2) is 14.6 Å². The Balaban J connectivity index is 1.59. The van der Waals surface area contributed by atoms with Crippen molar-refractivity contribution in [2.45, 2.75) is 32.1 Å². The Bertz CT molecular complexity index is 1090. The molecule has 3 amide bonds. The van der Waals surface area contributed by atoms with Gasteiger partial charge in [0.15, 0.2) is 0 Å². The Labute approximate surface area is 193 Å². The number of amides is 3. The molecule has 0 atom stereocenters. The van der Waals surface area contributed by atoms with Crippen LogP contribution in [0.2, 0.25) is 0 Å². The first kappa shape index (κ1) is 22.5. The summed E-state index contributed by atoms with van der Waals surface area (Å²) in [6.45, 7) is -0.240. The molecule has 1 aliphatic carbocycles. The van der Waals surface area contributed by atoms with Gasteiger partial charge in [-0.3, -0.25) is 9.69 Å². The third kappa shape index (κ3) is 4.89. The van der Waals surface area contributed by atoms with E-state index >= 15 is 0 Å². The maximum Gasteiger partial charge on any atom is 0.345 e. The molecule has 2 aromatic rings. The summed E-state index contributed by atoms with van der Waals surface area (Å²) in [5, 5.41) is 8.73. The van der Waals surface area contributed by atoms with Crippen molar-refractivity contribution < 1.29 is 19.1 Å². The van der Waals surface area contributed by atoms with Crippen LogP contribution in [0.25, 0.3) is 0 Å². The number of carbonyl (C=O) groups excluding carboxylic acids is 3. The molecule has 2 aromatic carbocycles. The lowest BCUT2D eigenvalue weighted by atomic mass is 9.83. The zero-order valence-electron chi connectivity index (χ0n) is 18.9. The van der Waals surface area contributed by atoms with Crippen LogP contribution in [-0.2, 0) is 9.53 Å². The number of esters is 1. The molecular formula is C25H28N4O4. The summed E-state index contributed by atoms with van der Waals surface area (Å²) in [5.41, 5.74) is 3.37. The van der Waals surface area contributed by atoms with E-state index in [1.165, 1.54) is 24.6 Å². The summed E-state index contributed by atoms with van der Waals surface area (Å²) in [4.78, 5) is 39.4. The van der Waals surface area contributed by atoms with Gasteiger partial charge in [0.1, 0.15) is 6.54 Å². The van der Waals surface area contributed by atoms with E-state index in [1.807, 2.05) is 24.3 Å². The fraction of sp³-hybridized carbons (Fsp3) is 0.360. The van der Waals surface area contributed by atoms with Crippen LogP contribution in [0, 0.1) is 5.92 Å². The maximum atomic E-state index is 13.2. The zero-order valence-corrected chi connectivity index (χ0v) is 18.9. The molecule has 0 unspecified atom stereocenters. The molecule has 0 bridgehead atoms. The topological polar surface area (TPSA) is 91.3 Å². The Morgan fingerprint density at radius 3 is 2.61 bits per heavy atom. The number of hydrazone groups is 1. The summed E-state index contributed by atoms with van der Waals surface area (Å²) < 4.78 is 4.73.